The molecule has 0 heterocycles. The predicted octanol–water partition coefficient (Wildman–Crippen LogP) is 5.63. The monoisotopic (exact) mass is 281 g/mol. The van der Waals surface area contributed by atoms with Gasteiger partial charge in [0.25, 0.3) is 0 Å². The van der Waals surface area contributed by atoms with E-state index in [4.69, 9.17) is 0 Å². The summed E-state index contributed by atoms with van der Waals surface area (Å²) < 4.78 is 0. The fourth-order valence-electron chi connectivity index (χ4n) is 2.98. The van der Waals surface area contributed by atoms with E-state index in [1.807, 2.05) is 6.08 Å². The molecule has 2 rings (SSSR count). The lowest BCUT2D eigenvalue weighted by atomic mass is 9.95. The van der Waals surface area contributed by atoms with Crippen LogP contribution in [0.3, 0.4) is 0 Å². The van der Waals surface area contributed by atoms with Gasteiger partial charge >= 0.3 is 0 Å². The third kappa shape index (κ3) is 4.44. The van der Waals surface area contributed by atoms with Crippen molar-refractivity contribution in [3.05, 3.63) is 60.7 Å². The average Bonchev–Trinajstić information content (AvgIpc) is 2.53. The molecular weight excluding hydrogens is 254 g/mol. The first-order valence-electron chi connectivity index (χ1n) is 8.18. The van der Waals surface area contributed by atoms with Gasteiger partial charge in [0.15, 0.2) is 0 Å². The Morgan fingerprint density at radius 3 is 2.67 bits per heavy atom. The number of allylic oxidation sites excluding steroid dienone is 1. The van der Waals surface area contributed by atoms with E-state index >= 15 is 0 Å². The van der Waals surface area contributed by atoms with Gasteiger partial charge in [0, 0.05) is 6.04 Å². The van der Waals surface area contributed by atoms with Crippen LogP contribution in [0.1, 0.15) is 50.6 Å². The lowest BCUT2D eigenvalue weighted by molar-refractivity contribution is 0.486. The third-order valence-corrected chi connectivity index (χ3v) is 4.05. The molecule has 21 heavy (non-hydrogen) atoms. The zero-order valence-electron chi connectivity index (χ0n) is 13.1. The molecule has 0 aliphatic carbocycles. The van der Waals surface area contributed by atoms with Crippen LogP contribution in [0, 0.1) is 0 Å². The van der Waals surface area contributed by atoms with Crippen LogP contribution in [0.25, 0.3) is 10.8 Å². The second kappa shape index (κ2) is 8.63. The number of hydrogen-bond acceptors (Lipinski definition) is 1. The third-order valence-electron chi connectivity index (χ3n) is 4.05. The molecule has 0 aliphatic heterocycles. The first-order chi connectivity index (χ1) is 10.4. The predicted molar refractivity (Wildman–Crippen MR) is 93.6 cm³/mol. The highest BCUT2D eigenvalue weighted by Gasteiger charge is 2.12. The summed E-state index contributed by atoms with van der Waals surface area (Å²) in [6, 6.07) is 15.8. The molecule has 1 nitrogen and oxygen atoms in total. The van der Waals surface area contributed by atoms with E-state index in [-0.39, 0.29) is 0 Å². The van der Waals surface area contributed by atoms with E-state index in [0.717, 1.165) is 13.0 Å². The Kier molecular flexibility index (Phi) is 6.49. The molecule has 1 heteroatoms. The first-order valence-corrected chi connectivity index (χ1v) is 8.18. The highest BCUT2D eigenvalue weighted by molar-refractivity contribution is 5.86. The summed E-state index contributed by atoms with van der Waals surface area (Å²) in [4.78, 5) is 0. The number of hydrogen-bond donors (Lipinski definition) is 1. The van der Waals surface area contributed by atoms with Crippen LogP contribution in [0.5, 0.6) is 0 Å². The lowest BCUT2D eigenvalue weighted by Crippen LogP contribution is -2.21. The molecule has 112 valence electrons. The van der Waals surface area contributed by atoms with Crippen molar-refractivity contribution in [1.29, 1.82) is 0 Å². The second-order valence-electron chi connectivity index (χ2n) is 5.61. The van der Waals surface area contributed by atoms with Crippen LogP contribution in [-0.4, -0.2) is 6.54 Å². The largest absolute Gasteiger partial charge is 0.310 e. The molecule has 0 saturated heterocycles. The summed E-state index contributed by atoms with van der Waals surface area (Å²) in [6.45, 7) is 7.00. The summed E-state index contributed by atoms with van der Waals surface area (Å²) >= 11 is 0. The topological polar surface area (TPSA) is 12.0 Å². The Morgan fingerprint density at radius 2 is 1.86 bits per heavy atom. The molecule has 1 atom stereocenters. The van der Waals surface area contributed by atoms with Crippen LogP contribution >= 0.6 is 0 Å². The zero-order chi connectivity index (χ0) is 14.9. The van der Waals surface area contributed by atoms with E-state index in [0.29, 0.717) is 6.04 Å². The van der Waals surface area contributed by atoms with Gasteiger partial charge in [-0.15, -0.1) is 6.58 Å². The number of benzene rings is 2. The minimum absolute atomic E-state index is 0.463. The fourth-order valence-corrected chi connectivity index (χ4v) is 2.98. The fraction of sp³-hybridized carbons (Fsp3) is 0.400. The Balaban J connectivity index is 2.10. The second-order valence-corrected chi connectivity index (χ2v) is 5.61. The molecule has 1 N–H and O–H groups in total. The molecule has 2 aromatic rings. The summed E-state index contributed by atoms with van der Waals surface area (Å²) in [7, 11) is 0. The molecule has 0 radical (unpaired) electrons. The highest BCUT2D eigenvalue weighted by atomic mass is 14.9. The van der Waals surface area contributed by atoms with Gasteiger partial charge in [0.2, 0.25) is 0 Å². The van der Waals surface area contributed by atoms with Crippen molar-refractivity contribution in [2.24, 2.45) is 0 Å². The van der Waals surface area contributed by atoms with Crippen LogP contribution in [0.2, 0.25) is 0 Å². The lowest BCUT2D eigenvalue weighted by Gasteiger charge is -2.20. The van der Waals surface area contributed by atoms with Crippen molar-refractivity contribution < 1.29 is 0 Å². The summed E-state index contributed by atoms with van der Waals surface area (Å²) in [5.41, 5.74) is 1.44. The number of nitrogens with one attached hydrogen (secondary N) is 1. The number of rotatable bonds is 9. The van der Waals surface area contributed by atoms with E-state index < -0.39 is 0 Å². The van der Waals surface area contributed by atoms with Gasteiger partial charge < -0.3 is 5.32 Å². The Morgan fingerprint density at radius 1 is 1.05 bits per heavy atom. The van der Waals surface area contributed by atoms with Crippen LogP contribution in [0.4, 0.5) is 0 Å². The standard InChI is InChI=1S/C20H27N/c1-3-5-6-7-8-16-20(21-4-2)19-15-11-13-17-12-9-10-14-18(17)19/h3,9-15,20-21H,1,4-8,16H2,2H3. The smallest absolute Gasteiger partial charge is 0.0326 e. The SMILES string of the molecule is C=CCCCCCC(NCC)c1cccc2ccccc12. The molecule has 0 fully saturated rings. The minimum Gasteiger partial charge on any atom is -0.310 e. The maximum absolute atomic E-state index is 3.79. The molecule has 0 bridgehead atoms. The molecule has 1 unspecified atom stereocenters. The molecule has 0 spiro atoms. The maximum Gasteiger partial charge on any atom is 0.0326 e. The summed E-state index contributed by atoms with van der Waals surface area (Å²) in [5.74, 6) is 0. The van der Waals surface area contributed by atoms with Crippen molar-refractivity contribution in [1.82, 2.24) is 5.32 Å². The average molecular weight is 281 g/mol. The van der Waals surface area contributed by atoms with E-state index in [2.05, 4.69) is 61.3 Å². The van der Waals surface area contributed by atoms with Gasteiger partial charge in [-0.3, -0.25) is 0 Å². The molecular formula is C20H27N. The van der Waals surface area contributed by atoms with E-state index in [9.17, 15) is 0 Å². The van der Waals surface area contributed by atoms with Gasteiger partial charge in [-0.05, 0) is 42.1 Å². The zero-order valence-corrected chi connectivity index (χ0v) is 13.1. The Hall–Kier alpha value is -1.60. The van der Waals surface area contributed by atoms with Crippen molar-refractivity contribution in [2.45, 2.75) is 45.1 Å². The quantitative estimate of drug-likeness (QED) is 0.464. The first kappa shape index (κ1) is 15.8. The highest BCUT2D eigenvalue weighted by Crippen LogP contribution is 2.27. The normalized spacial score (nSPS) is 12.4. The van der Waals surface area contributed by atoms with Gasteiger partial charge in [-0.2, -0.15) is 0 Å². The summed E-state index contributed by atoms with van der Waals surface area (Å²) in [6.07, 6.45) is 8.19. The molecule has 0 saturated carbocycles. The van der Waals surface area contributed by atoms with Crippen LogP contribution < -0.4 is 5.32 Å². The van der Waals surface area contributed by atoms with Crippen molar-refractivity contribution in [3.63, 3.8) is 0 Å². The maximum atomic E-state index is 3.79. The van der Waals surface area contributed by atoms with Crippen molar-refractivity contribution >= 4 is 10.8 Å². The van der Waals surface area contributed by atoms with Gasteiger partial charge in [-0.1, -0.05) is 68.3 Å². The van der Waals surface area contributed by atoms with Gasteiger partial charge in [0.05, 0.1) is 0 Å². The number of fused-ring (bicyclic) bond motifs is 1. The Labute approximate surface area is 129 Å². The van der Waals surface area contributed by atoms with E-state index in [1.165, 1.54) is 42.0 Å². The van der Waals surface area contributed by atoms with Crippen LogP contribution in [-0.2, 0) is 0 Å². The van der Waals surface area contributed by atoms with Crippen molar-refractivity contribution in [3.8, 4) is 0 Å². The van der Waals surface area contributed by atoms with Crippen molar-refractivity contribution in [2.75, 3.05) is 6.54 Å². The summed E-state index contributed by atoms with van der Waals surface area (Å²) in [5, 5.41) is 6.39. The molecule has 0 aromatic heterocycles. The number of unbranched alkanes of at least 4 members (excludes halogenated alkanes) is 3. The minimum atomic E-state index is 0.463. The van der Waals surface area contributed by atoms with Crippen LogP contribution in [0.15, 0.2) is 55.1 Å². The molecule has 2 aromatic carbocycles. The van der Waals surface area contributed by atoms with Gasteiger partial charge in [0.1, 0.15) is 0 Å². The Bertz CT molecular complexity index is 553. The van der Waals surface area contributed by atoms with Gasteiger partial charge in [-0.25, -0.2) is 0 Å². The molecule has 0 amide bonds. The molecule has 0 aliphatic rings. The van der Waals surface area contributed by atoms with E-state index in [1.54, 1.807) is 0 Å².